The molecular formula is C26H31N3O4S. The smallest absolute Gasteiger partial charge is 0.240 e. The molecule has 3 rings (SSSR count). The highest BCUT2D eigenvalue weighted by Gasteiger charge is 2.20. The predicted molar refractivity (Wildman–Crippen MR) is 133 cm³/mol. The lowest BCUT2D eigenvalue weighted by Gasteiger charge is -2.21. The van der Waals surface area contributed by atoms with Crippen LogP contribution < -0.4 is 9.46 Å². The van der Waals surface area contributed by atoms with E-state index in [0.29, 0.717) is 37.4 Å². The lowest BCUT2D eigenvalue weighted by molar-refractivity contribution is -0.130. The minimum Gasteiger partial charge on any atom is -0.481 e. The van der Waals surface area contributed by atoms with Crippen LogP contribution in [0.2, 0.25) is 0 Å². The number of amides is 1. The quantitative estimate of drug-likeness (QED) is 0.450. The largest absolute Gasteiger partial charge is 0.481 e. The average molecular weight is 482 g/mol. The van der Waals surface area contributed by atoms with Gasteiger partial charge in [0.05, 0.1) is 12.0 Å². The third-order valence-electron chi connectivity index (χ3n) is 5.71. The molecule has 0 aliphatic heterocycles. The number of nitrogens with zero attached hydrogens (tertiary/aromatic N) is 2. The van der Waals surface area contributed by atoms with Crippen molar-refractivity contribution in [1.29, 1.82) is 0 Å². The standard InChI is InChI=1S/C26H31N3O4S/c1-4-29(26(30)16-13-21-9-6-5-7-10-21)18-17-28-34(31,32)24-12-8-11-23(20(24)2)22-14-15-25(33-3)27-19-22/h5-12,14-15,19,28H,4,13,16-18H2,1-3H3. The Hall–Kier alpha value is -3.23. The molecule has 0 unspecified atom stereocenters. The predicted octanol–water partition coefficient (Wildman–Crippen LogP) is 3.83. The van der Waals surface area contributed by atoms with Crippen molar-refractivity contribution < 1.29 is 17.9 Å². The fourth-order valence-electron chi connectivity index (χ4n) is 3.78. The molecular weight excluding hydrogens is 450 g/mol. The number of aryl methyl sites for hydroxylation is 1. The molecule has 0 atom stereocenters. The summed E-state index contributed by atoms with van der Waals surface area (Å²) in [6.45, 7) is 4.64. The molecule has 2 aromatic carbocycles. The first-order valence-electron chi connectivity index (χ1n) is 11.3. The monoisotopic (exact) mass is 481 g/mol. The van der Waals surface area contributed by atoms with Crippen LogP contribution in [0.4, 0.5) is 0 Å². The minimum absolute atomic E-state index is 0.00994. The second-order valence-corrected chi connectivity index (χ2v) is 9.61. The molecule has 0 saturated carbocycles. The lowest BCUT2D eigenvalue weighted by Crippen LogP contribution is -2.38. The summed E-state index contributed by atoms with van der Waals surface area (Å²) in [6.07, 6.45) is 2.71. The Morgan fingerprint density at radius 3 is 2.47 bits per heavy atom. The number of hydrogen-bond donors (Lipinski definition) is 1. The van der Waals surface area contributed by atoms with Crippen molar-refractivity contribution in [2.45, 2.75) is 31.6 Å². The number of likely N-dealkylation sites (N-methyl/N-ethyl adjacent to an activating group) is 1. The molecule has 1 heterocycles. The molecule has 0 aliphatic rings. The number of hydrogen-bond acceptors (Lipinski definition) is 5. The summed E-state index contributed by atoms with van der Waals surface area (Å²) in [6, 6.07) is 18.6. The fraction of sp³-hybridized carbons (Fsp3) is 0.308. The first kappa shape index (κ1) is 25.4. The number of carbonyl (C=O) groups excluding carboxylic acids is 1. The zero-order valence-electron chi connectivity index (χ0n) is 19.8. The van der Waals surface area contributed by atoms with Gasteiger partial charge in [-0.15, -0.1) is 0 Å². The molecule has 0 saturated heterocycles. The zero-order valence-corrected chi connectivity index (χ0v) is 20.6. The van der Waals surface area contributed by atoms with Gasteiger partial charge in [0.25, 0.3) is 0 Å². The summed E-state index contributed by atoms with van der Waals surface area (Å²) in [5, 5.41) is 0. The van der Waals surface area contributed by atoms with E-state index in [1.807, 2.05) is 49.4 Å². The summed E-state index contributed by atoms with van der Waals surface area (Å²) in [5.41, 5.74) is 3.32. The van der Waals surface area contributed by atoms with Crippen molar-refractivity contribution in [2.24, 2.45) is 0 Å². The van der Waals surface area contributed by atoms with Gasteiger partial charge in [-0.25, -0.2) is 18.1 Å². The van der Waals surface area contributed by atoms with Crippen molar-refractivity contribution in [1.82, 2.24) is 14.6 Å². The van der Waals surface area contributed by atoms with E-state index in [1.165, 1.54) is 0 Å². The Labute approximate surface area is 201 Å². The van der Waals surface area contributed by atoms with Gasteiger partial charge in [-0.1, -0.05) is 42.5 Å². The number of sulfonamides is 1. The molecule has 8 heteroatoms. The van der Waals surface area contributed by atoms with Gasteiger partial charge in [0.15, 0.2) is 0 Å². The van der Waals surface area contributed by atoms with Crippen molar-refractivity contribution in [2.75, 3.05) is 26.7 Å². The molecule has 1 amide bonds. The van der Waals surface area contributed by atoms with Gasteiger partial charge in [-0.2, -0.15) is 0 Å². The highest BCUT2D eigenvalue weighted by atomic mass is 32.2. The first-order valence-corrected chi connectivity index (χ1v) is 12.8. The summed E-state index contributed by atoms with van der Waals surface area (Å²) in [4.78, 5) is 18.7. The molecule has 0 bridgehead atoms. The van der Waals surface area contributed by atoms with E-state index in [4.69, 9.17) is 4.74 Å². The number of methoxy groups -OCH3 is 1. The topological polar surface area (TPSA) is 88.6 Å². The normalized spacial score (nSPS) is 11.3. The maximum absolute atomic E-state index is 13.0. The van der Waals surface area contributed by atoms with Gasteiger partial charge in [0.1, 0.15) is 0 Å². The molecule has 0 radical (unpaired) electrons. The Morgan fingerprint density at radius 1 is 1.06 bits per heavy atom. The first-order chi connectivity index (χ1) is 16.4. The fourth-order valence-corrected chi connectivity index (χ4v) is 5.07. The van der Waals surface area contributed by atoms with E-state index in [0.717, 1.165) is 16.7 Å². The number of nitrogens with one attached hydrogen (secondary N) is 1. The van der Waals surface area contributed by atoms with Crippen LogP contribution in [0.25, 0.3) is 11.1 Å². The van der Waals surface area contributed by atoms with Crippen LogP contribution in [0.5, 0.6) is 5.88 Å². The Kier molecular flexibility index (Phi) is 8.79. The number of pyridine rings is 1. The van der Waals surface area contributed by atoms with Crippen molar-refractivity contribution in [3.8, 4) is 17.0 Å². The minimum atomic E-state index is -3.75. The van der Waals surface area contributed by atoms with E-state index in [1.54, 1.807) is 43.3 Å². The molecule has 3 aromatic rings. The molecule has 34 heavy (non-hydrogen) atoms. The summed E-state index contributed by atoms with van der Waals surface area (Å²) < 4.78 is 33.8. The van der Waals surface area contributed by atoms with Crippen molar-refractivity contribution in [3.05, 3.63) is 78.0 Å². The van der Waals surface area contributed by atoms with Crippen LogP contribution in [0, 0.1) is 6.92 Å². The zero-order chi connectivity index (χ0) is 24.6. The second-order valence-electron chi connectivity index (χ2n) is 7.87. The number of rotatable bonds is 11. The third kappa shape index (κ3) is 6.42. The van der Waals surface area contributed by atoms with Gasteiger partial charge in [-0.3, -0.25) is 4.79 Å². The molecule has 1 aromatic heterocycles. The highest BCUT2D eigenvalue weighted by molar-refractivity contribution is 7.89. The molecule has 0 fully saturated rings. The number of aromatic nitrogens is 1. The second kappa shape index (κ2) is 11.8. The summed E-state index contributed by atoms with van der Waals surface area (Å²) >= 11 is 0. The van der Waals surface area contributed by atoms with Gasteiger partial charge in [0.2, 0.25) is 21.8 Å². The molecule has 1 N–H and O–H groups in total. The van der Waals surface area contributed by atoms with Crippen molar-refractivity contribution >= 4 is 15.9 Å². The summed E-state index contributed by atoms with van der Waals surface area (Å²) in [5.74, 6) is 0.501. The van der Waals surface area contributed by atoms with Crippen molar-refractivity contribution in [3.63, 3.8) is 0 Å². The number of carbonyl (C=O) groups is 1. The van der Waals surface area contributed by atoms with Crippen LogP contribution >= 0.6 is 0 Å². The lowest BCUT2D eigenvalue weighted by atomic mass is 10.0. The molecule has 0 aliphatic carbocycles. The Balaban J connectivity index is 1.63. The van der Waals surface area contributed by atoms with Crippen LogP contribution in [-0.4, -0.2) is 51.0 Å². The Morgan fingerprint density at radius 2 is 1.82 bits per heavy atom. The summed E-state index contributed by atoms with van der Waals surface area (Å²) in [7, 11) is -2.21. The van der Waals surface area contributed by atoms with E-state index < -0.39 is 10.0 Å². The number of ether oxygens (including phenoxy) is 1. The van der Waals surface area contributed by atoms with E-state index >= 15 is 0 Å². The molecule has 0 spiro atoms. The van der Waals surface area contributed by atoms with Gasteiger partial charge in [0, 0.05) is 43.9 Å². The molecule has 7 nitrogen and oxygen atoms in total. The molecule has 180 valence electrons. The number of benzene rings is 2. The Bertz CT molecular complexity index is 1200. The highest BCUT2D eigenvalue weighted by Crippen LogP contribution is 2.28. The van der Waals surface area contributed by atoms with Crippen LogP contribution in [0.3, 0.4) is 0 Å². The maximum atomic E-state index is 13.0. The van der Waals surface area contributed by atoms with Gasteiger partial charge >= 0.3 is 0 Å². The van der Waals surface area contributed by atoms with Crippen LogP contribution in [-0.2, 0) is 21.2 Å². The van der Waals surface area contributed by atoms with E-state index in [-0.39, 0.29) is 17.3 Å². The average Bonchev–Trinajstić information content (AvgIpc) is 2.86. The van der Waals surface area contributed by atoms with E-state index in [2.05, 4.69) is 9.71 Å². The van der Waals surface area contributed by atoms with E-state index in [9.17, 15) is 13.2 Å². The third-order valence-corrected chi connectivity index (χ3v) is 7.31. The van der Waals surface area contributed by atoms with Crippen LogP contribution in [0.15, 0.2) is 71.8 Å². The van der Waals surface area contributed by atoms with Gasteiger partial charge < -0.3 is 9.64 Å². The van der Waals surface area contributed by atoms with Crippen LogP contribution in [0.1, 0.15) is 24.5 Å². The SMILES string of the molecule is CCN(CCNS(=O)(=O)c1cccc(-c2ccc(OC)nc2)c1C)C(=O)CCc1ccccc1. The maximum Gasteiger partial charge on any atom is 0.240 e. The van der Waals surface area contributed by atoms with Gasteiger partial charge in [-0.05, 0) is 49.1 Å².